The number of hydrogen-bond acceptors (Lipinski definition) is 2. The SMILES string of the molecule is Cc1ccc(CC2CCN(S(C)(=O)=O)CC2)cc1. The minimum Gasteiger partial charge on any atom is -0.213 e. The van der Waals surface area contributed by atoms with E-state index in [2.05, 4.69) is 31.2 Å². The molecule has 0 spiro atoms. The van der Waals surface area contributed by atoms with Crippen molar-refractivity contribution in [2.45, 2.75) is 26.2 Å². The highest BCUT2D eigenvalue weighted by atomic mass is 32.2. The molecule has 18 heavy (non-hydrogen) atoms. The van der Waals surface area contributed by atoms with Crippen LogP contribution in [0.3, 0.4) is 0 Å². The van der Waals surface area contributed by atoms with E-state index < -0.39 is 10.0 Å². The lowest BCUT2D eigenvalue weighted by atomic mass is 9.91. The molecule has 0 atom stereocenters. The summed E-state index contributed by atoms with van der Waals surface area (Å²) < 4.78 is 24.4. The van der Waals surface area contributed by atoms with Crippen LogP contribution in [0.5, 0.6) is 0 Å². The number of sulfonamides is 1. The molecule has 0 aliphatic carbocycles. The molecule has 1 saturated heterocycles. The molecule has 1 aliphatic rings. The molecule has 4 heteroatoms. The van der Waals surface area contributed by atoms with Crippen LogP contribution in [-0.4, -0.2) is 32.1 Å². The minimum atomic E-state index is -2.99. The summed E-state index contributed by atoms with van der Waals surface area (Å²) in [6.07, 6.45) is 4.31. The molecular formula is C14H21NO2S. The standard InChI is InChI=1S/C14H21NO2S/c1-12-3-5-13(6-4-12)11-14-7-9-15(10-8-14)18(2,16)17/h3-6,14H,7-11H2,1-2H3. The fourth-order valence-corrected chi connectivity index (χ4v) is 3.38. The van der Waals surface area contributed by atoms with E-state index in [0.717, 1.165) is 19.3 Å². The molecule has 1 aliphatic heterocycles. The molecule has 0 unspecified atom stereocenters. The van der Waals surface area contributed by atoms with Crippen LogP contribution in [0.25, 0.3) is 0 Å². The van der Waals surface area contributed by atoms with Crippen molar-refractivity contribution in [1.82, 2.24) is 4.31 Å². The summed E-state index contributed by atoms with van der Waals surface area (Å²) in [6.45, 7) is 3.44. The average molecular weight is 267 g/mol. The van der Waals surface area contributed by atoms with Crippen molar-refractivity contribution in [3.8, 4) is 0 Å². The minimum absolute atomic E-state index is 0.616. The van der Waals surface area contributed by atoms with E-state index in [9.17, 15) is 8.42 Å². The normalized spacial score (nSPS) is 19.0. The average Bonchev–Trinajstić information content (AvgIpc) is 2.32. The summed E-state index contributed by atoms with van der Waals surface area (Å²) in [6, 6.07) is 8.64. The Bertz CT molecular complexity index is 485. The third kappa shape index (κ3) is 3.56. The maximum Gasteiger partial charge on any atom is 0.211 e. The summed E-state index contributed by atoms with van der Waals surface area (Å²) in [4.78, 5) is 0. The molecule has 0 amide bonds. The zero-order valence-electron chi connectivity index (χ0n) is 11.1. The lowest BCUT2D eigenvalue weighted by Crippen LogP contribution is -2.38. The Kier molecular flexibility index (Phi) is 4.07. The first-order chi connectivity index (χ1) is 8.45. The molecule has 3 nitrogen and oxygen atoms in total. The molecular weight excluding hydrogens is 246 g/mol. The molecule has 1 aromatic carbocycles. The Balaban J connectivity index is 1.89. The van der Waals surface area contributed by atoms with Crippen molar-refractivity contribution in [3.05, 3.63) is 35.4 Å². The highest BCUT2D eigenvalue weighted by Crippen LogP contribution is 2.23. The van der Waals surface area contributed by atoms with Crippen molar-refractivity contribution in [2.75, 3.05) is 19.3 Å². The summed E-state index contributed by atoms with van der Waals surface area (Å²) in [5, 5.41) is 0. The quantitative estimate of drug-likeness (QED) is 0.842. The molecule has 0 saturated carbocycles. The number of benzene rings is 1. The molecule has 0 radical (unpaired) electrons. The zero-order chi connectivity index (χ0) is 13.2. The molecule has 2 rings (SSSR count). The maximum absolute atomic E-state index is 11.4. The van der Waals surface area contributed by atoms with Crippen LogP contribution in [-0.2, 0) is 16.4 Å². The third-order valence-electron chi connectivity index (χ3n) is 3.69. The largest absolute Gasteiger partial charge is 0.213 e. The van der Waals surface area contributed by atoms with Gasteiger partial charge in [0.15, 0.2) is 0 Å². The Morgan fingerprint density at radius 2 is 1.72 bits per heavy atom. The lowest BCUT2D eigenvalue weighted by molar-refractivity contribution is 0.274. The Hall–Kier alpha value is -0.870. The van der Waals surface area contributed by atoms with Crippen molar-refractivity contribution in [2.24, 2.45) is 5.92 Å². The number of aryl methyl sites for hydroxylation is 1. The smallest absolute Gasteiger partial charge is 0.211 e. The van der Waals surface area contributed by atoms with Gasteiger partial charge in [-0.3, -0.25) is 0 Å². The van der Waals surface area contributed by atoms with Gasteiger partial charge in [-0.2, -0.15) is 0 Å². The summed E-state index contributed by atoms with van der Waals surface area (Å²) in [5.41, 5.74) is 2.64. The molecule has 1 heterocycles. The molecule has 0 N–H and O–H groups in total. The van der Waals surface area contributed by atoms with Gasteiger partial charge in [-0.25, -0.2) is 12.7 Å². The van der Waals surface area contributed by atoms with Gasteiger partial charge in [0, 0.05) is 13.1 Å². The first-order valence-electron chi connectivity index (χ1n) is 6.46. The second-order valence-electron chi connectivity index (χ2n) is 5.30. The lowest BCUT2D eigenvalue weighted by Gasteiger charge is -2.30. The van der Waals surface area contributed by atoms with E-state index in [0.29, 0.717) is 19.0 Å². The summed E-state index contributed by atoms with van der Waals surface area (Å²) in [5.74, 6) is 0.616. The number of nitrogens with zero attached hydrogens (tertiary/aromatic N) is 1. The van der Waals surface area contributed by atoms with Crippen LogP contribution in [0, 0.1) is 12.8 Å². The second kappa shape index (κ2) is 5.41. The highest BCUT2D eigenvalue weighted by Gasteiger charge is 2.24. The van der Waals surface area contributed by atoms with Crippen LogP contribution >= 0.6 is 0 Å². The summed E-state index contributed by atoms with van der Waals surface area (Å²) >= 11 is 0. The van der Waals surface area contributed by atoms with Gasteiger partial charge in [0.2, 0.25) is 10.0 Å². The highest BCUT2D eigenvalue weighted by molar-refractivity contribution is 7.88. The van der Waals surface area contributed by atoms with Crippen LogP contribution in [0.1, 0.15) is 24.0 Å². The van der Waals surface area contributed by atoms with Gasteiger partial charge in [-0.05, 0) is 37.7 Å². The molecule has 100 valence electrons. The first-order valence-corrected chi connectivity index (χ1v) is 8.30. The number of rotatable bonds is 3. The topological polar surface area (TPSA) is 37.4 Å². The van der Waals surface area contributed by atoms with Gasteiger partial charge >= 0.3 is 0 Å². The zero-order valence-corrected chi connectivity index (χ0v) is 11.9. The second-order valence-corrected chi connectivity index (χ2v) is 7.28. The predicted molar refractivity (Wildman–Crippen MR) is 74.0 cm³/mol. The molecule has 1 fully saturated rings. The Labute approximate surface area is 110 Å². The van der Waals surface area contributed by atoms with E-state index in [1.807, 2.05) is 0 Å². The van der Waals surface area contributed by atoms with E-state index in [-0.39, 0.29) is 0 Å². The summed E-state index contributed by atoms with van der Waals surface area (Å²) in [7, 11) is -2.99. The van der Waals surface area contributed by atoms with Crippen molar-refractivity contribution < 1.29 is 8.42 Å². The van der Waals surface area contributed by atoms with E-state index in [4.69, 9.17) is 0 Å². The molecule has 1 aromatic rings. The van der Waals surface area contributed by atoms with Gasteiger partial charge in [-0.15, -0.1) is 0 Å². The Morgan fingerprint density at radius 3 is 2.22 bits per heavy atom. The molecule has 0 bridgehead atoms. The molecule has 0 aromatic heterocycles. The van der Waals surface area contributed by atoms with Gasteiger partial charge in [0.05, 0.1) is 6.26 Å². The van der Waals surface area contributed by atoms with Gasteiger partial charge in [-0.1, -0.05) is 29.8 Å². The third-order valence-corrected chi connectivity index (χ3v) is 4.99. The van der Waals surface area contributed by atoms with Gasteiger partial charge < -0.3 is 0 Å². The van der Waals surface area contributed by atoms with Crippen molar-refractivity contribution >= 4 is 10.0 Å². The van der Waals surface area contributed by atoms with Gasteiger partial charge in [0.1, 0.15) is 0 Å². The fourth-order valence-electron chi connectivity index (χ4n) is 2.50. The first kappa shape index (κ1) is 13.6. The fraction of sp³-hybridized carbons (Fsp3) is 0.571. The van der Waals surface area contributed by atoms with Crippen molar-refractivity contribution in [3.63, 3.8) is 0 Å². The van der Waals surface area contributed by atoms with Crippen LogP contribution in [0.15, 0.2) is 24.3 Å². The number of hydrogen-bond donors (Lipinski definition) is 0. The van der Waals surface area contributed by atoms with E-state index in [1.165, 1.54) is 17.4 Å². The predicted octanol–water partition coefficient (Wildman–Crippen LogP) is 2.21. The van der Waals surface area contributed by atoms with Crippen LogP contribution < -0.4 is 0 Å². The van der Waals surface area contributed by atoms with Crippen LogP contribution in [0.2, 0.25) is 0 Å². The van der Waals surface area contributed by atoms with E-state index in [1.54, 1.807) is 4.31 Å². The van der Waals surface area contributed by atoms with Crippen molar-refractivity contribution in [1.29, 1.82) is 0 Å². The van der Waals surface area contributed by atoms with E-state index >= 15 is 0 Å². The Morgan fingerprint density at radius 1 is 1.17 bits per heavy atom. The number of piperidine rings is 1. The van der Waals surface area contributed by atoms with Crippen LogP contribution in [0.4, 0.5) is 0 Å². The van der Waals surface area contributed by atoms with Gasteiger partial charge in [0.25, 0.3) is 0 Å². The monoisotopic (exact) mass is 267 g/mol. The maximum atomic E-state index is 11.4.